The van der Waals surface area contributed by atoms with Crippen LogP contribution < -0.4 is 0 Å². The lowest BCUT2D eigenvalue weighted by atomic mass is 10.1. The highest BCUT2D eigenvalue weighted by atomic mass is 16.7. The van der Waals surface area contributed by atoms with Crippen LogP contribution in [0, 0.1) is 0 Å². The maximum atomic E-state index is 8.67. The summed E-state index contributed by atoms with van der Waals surface area (Å²) in [6, 6.07) is 0. The van der Waals surface area contributed by atoms with Crippen LogP contribution >= 0.6 is 0 Å². The van der Waals surface area contributed by atoms with Crippen molar-refractivity contribution < 1.29 is 14.6 Å². The molecule has 0 spiro atoms. The van der Waals surface area contributed by atoms with E-state index in [2.05, 4.69) is 0 Å². The maximum Gasteiger partial charge on any atom is 0.163 e. The van der Waals surface area contributed by atoms with E-state index in [0.29, 0.717) is 6.42 Å². The molecule has 0 radical (unpaired) electrons. The number of hydrogen-bond acceptors (Lipinski definition) is 3. The van der Waals surface area contributed by atoms with E-state index in [1.165, 1.54) is 0 Å². The van der Waals surface area contributed by atoms with Gasteiger partial charge in [0.05, 0.1) is 12.7 Å². The lowest BCUT2D eigenvalue weighted by Crippen LogP contribution is -2.40. The molecule has 1 atom stereocenters. The fraction of sp³-hybridized carbons (Fsp3) is 1.00. The van der Waals surface area contributed by atoms with Crippen molar-refractivity contribution >= 4 is 0 Å². The van der Waals surface area contributed by atoms with Crippen LogP contribution in [0.5, 0.6) is 0 Å². The summed E-state index contributed by atoms with van der Waals surface area (Å²) in [7, 11) is 0. The first kappa shape index (κ1) is 8.97. The molecule has 1 rings (SSSR count). The molecular formula is C8H16O3. The molecule has 1 fully saturated rings. The summed E-state index contributed by atoms with van der Waals surface area (Å²) >= 11 is 0. The van der Waals surface area contributed by atoms with Crippen molar-refractivity contribution in [3.05, 3.63) is 0 Å². The van der Waals surface area contributed by atoms with Crippen molar-refractivity contribution in [1.82, 2.24) is 0 Å². The van der Waals surface area contributed by atoms with E-state index in [0.717, 1.165) is 13.0 Å². The van der Waals surface area contributed by atoms with Crippen molar-refractivity contribution in [3.8, 4) is 0 Å². The smallest absolute Gasteiger partial charge is 0.163 e. The molecule has 0 aliphatic carbocycles. The van der Waals surface area contributed by atoms with E-state index < -0.39 is 5.79 Å². The number of rotatable bonds is 2. The summed E-state index contributed by atoms with van der Waals surface area (Å²) < 4.78 is 10.9. The molecule has 0 saturated carbocycles. The minimum Gasteiger partial charge on any atom is -0.396 e. The minimum absolute atomic E-state index is 0.170. The van der Waals surface area contributed by atoms with Crippen molar-refractivity contribution in [1.29, 1.82) is 0 Å². The second-order valence-corrected chi connectivity index (χ2v) is 3.29. The first-order valence-corrected chi connectivity index (χ1v) is 4.07. The third-order valence-electron chi connectivity index (χ3n) is 1.79. The van der Waals surface area contributed by atoms with Gasteiger partial charge in [0, 0.05) is 6.61 Å². The van der Waals surface area contributed by atoms with E-state index in [9.17, 15) is 0 Å². The van der Waals surface area contributed by atoms with Gasteiger partial charge in [-0.3, -0.25) is 0 Å². The molecule has 0 bridgehead atoms. The zero-order valence-electron chi connectivity index (χ0n) is 7.17. The van der Waals surface area contributed by atoms with Crippen molar-refractivity contribution in [2.24, 2.45) is 0 Å². The van der Waals surface area contributed by atoms with Gasteiger partial charge in [-0.15, -0.1) is 0 Å². The number of aliphatic hydroxyl groups excluding tert-OH is 1. The number of hydrogen-bond donors (Lipinski definition) is 1. The van der Waals surface area contributed by atoms with Gasteiger partial charge in [-0.2, -0.15) is 0 Å². The molecule has 1 aliphatic rings. The summed E-state index contributed by atoms with van der Waals surface area (Å²) in [6.45, 7) is 4.73. The Hall–Kier alpha value is -0.120. The van der Waals surface area contributed by atoms with Crippen LogP contribution in [0.15, 0.2) is 0 Å². The fourth-order valence-electron chi connectivity index (χ4n) is 1.28. The van der Waals surface area contributed by atoms with Gasteiger partial charge in [0.2, 0.25) is 0 Å². The molecule has 1 heterocycles. The standard InChI is InChI=1S/C8H16O3/c1-8(2)10-6-4-7(11-8)3-5-9/h7,9H,3-6H2,1-2H3/t7-/m0/s1. The van der Waals surface area contributed by atoms with E-state index in [1.54, 1.807) is 0 Å². The first-order chi connectivity index (χ1) is 5.14. The van der Waals surface area contributed by atoms with E-state index in [1.807, 2.05) is 13.8 Å². The van der Waals surface area contributed by atoms with Crippen LogP contribution in [0.25, 0.3) is 0 Å². The molecule has 11 heavy (non-hydrogen) atoms. The minimum atomic E-state index is -0.460. The second-order valence-electron chi connectivity index (χ2n) is 3.29. The Labute approximate surface area is 67.3 Å². The zero-order valence-corrected chi connectivity index (χ0v) is 7.17. The highest BCUT2D eigenvalue weighted by molar-refractivity contribution is 4.68. The predicted octanol–water partition coefficient (Wildman–Crippen LogP) is 0.910. The average Bonchev–Trinajstić information content (AvgIpc) is 1.85. The molecular weight excluding hydrogens is 144 g/mol. The van der Waals surface area contributed by atoms with Crippen LogP contribution in [0.2, 0.25) is 0 Å². The Morgan fingerprint density at radius 3 is 2.82 bits per heavy atom. The number of ether oxygens (including phenoxy) is 2. The van der Waals surface area contributed by atoms with Crippen molar-refractivity contribution in [3.63, 3.8) is 0 Å². The molecule has 0 aromatic heterocycles. The molecule has 0 aromatic rings. The van der Waals surface area contributed by atoms with Crippen molar-refractivity contribution in [2.45, 2.75) is 38.6 Å². The molecule has 0 unspecified atom stereocenters. The van der Waals surface area contributed by atoms with E-state index >= 15 is 0 Å². The largest absolute Gasteiger partial charge is 0.396 e. The SMILES string of the molecule is CC1(C)OCC[C@H](CCO)O1. The lowest BCUT2D eigenvalue weighted by Gasteiger charge is -2.35. The summed E-state index contributed by atoms with van der Waals surface area (Å²) in [4.78, 5) is 0. The van der Waals surface area contributed by atoms with Gasteiger partial charge < -0.3 is 14.6 Å². The van der Waals surface area contributed by atoms with Crippen LogP contribution in [0.1, 0.15) is 26.7 Å². The topological polar surface area (TPSA) is 38.7 Å². The summed E-state index contributed by atoms with van der Waals surface area (Å²) in [5, 5.41) is 8.67. The zero-order chi connectivity index (χ0) is 8.32. The predicted molar refractivity (Wildman–Crippen MR) is 41.2 cm³/mol. The van der Waals surface area contributed by atoms with Gasteiger partial charge >= 0.3 is 0 Å². The highest BCUT2D eigenvalue weighted by Crippen LogP contribution is 2.23. The Morgan fingerprint density at radius 1 is 1.55 bits per heavy atom. The Bertz CT molecular complexity index is 121. The Kier molecular flexibility index (Phi) is 2.87. The summed E-state index contributed by atoms with van der Waals surface area (Å²) in [6.07, 6.45) is 1.78. The first-order valence-electron chi connectivity index (χ1n) is 4.07. The summed E-state index contributed by atoms with van der Waals surface area (Å²) in [5.41, 5.74) is 0. The van der Waals surface area contributed by atoms with Crippen LogP contribution in [0.4, 0.5) is 0 Å². The summed E-state index contributed by atoms with van der Waals surface area (Å²) in [5.74, 6) is -0.460. The molecule has 3 heteroatoms. The third-order valence-corrected chi connectivity index (χ3v) is 1.79. The molecule has 0 aromatic carbocycles. The highest BCUT2D eigenvalue weighted by Gasteiger charge is 2.28. The van der Waals surface area contributed by atoms with Gasteiger partial charge in [0.1, 0.15) is 0 Å². The van der Waals surface area contributed by atoms with E-state index in [-0.39, 0.29) is 12.7 Å². The van der Waals surface area contributed by atoms with Crippen LogP contribution in [-0.2, 0) is 9.47 Å². The van der Waals surface area contributed by atoms with Gasteiger partial charge in [0.15, 0.2) is 5.79 Å². The average molecular weight is 160 g/mol. The normalized spacial score (nSPS) is 30.3. The van der Waals surface area contributed by atoms with Gasteiger partial charge in [0.25, 0.3) is 0 Å². The molecule has 0 amide bonds. The monoisotopic (exact) mass is 160 g/mol. The number of aliphatic hydroxyl groups is 1. The quantitative estimate of drug-likeness (QED) is 0.652. The molecule has 1 aliphatic heterocycles. The second kappa shape index (κ2) is 3.52. The van der Waals surface area contributed by atoms with Gasteiger partial charge in [-0.25, -0.2) is 0 Å². The van der Waals surface area contributed by atoms with Gasteiger partial charge in [-0.1, -0.05) is 0 Å². The van der Waals surface area contributed by atoms with Crippen LogP contribution in [-0.4, -0.2) is 30.2 Å². The van der Waals surface area contributed by atoms with E-state index in [4.69, 9.17) is 14.6 Å². The van der Waals surface area contributed by atoms with Crippen molar-refractivity contribution in [2.75, 3.05) is 13.2 Å². The third kappa shape index (κ3) is 2.77. The fourth-order valence-corrected chi connectivity index (χ4v) is 1.28. The Morgan fingerprint density at radius 2 is 2.27 bits per heavy atom. The molecule has 1 N–H and O–H groups in total. The van der Waals surface area contributed by atoms with Gasteiger partial charge in [-0.05, 0) is 26.7 Å². The Balaban J connectivity index is 2.34. The van der Waals surface area contributed by atoms with Crippen LogP contribution in [0.3, 0.4) is 0 Å². The molecule has 66 valence electrons. The lowest BCUT2D eigenvalue weighted by molar-refractivity contribution is -0.274. The molecule has 1 saturated heterocycles. The molecule has 3 nitrogen and oxygen atoms in total. The maximum absolute atomic E-state index is 8.67.